The van der Waals surface area contributed by atoms with Gasteiger partial charge in [0.2, 0.25) is 0 Å². The van der Waals surface area contributed by atoms with Crippen molar-refractivity contribution >= 4 is 16.4 Å². The minimum Gasteiger partial charge on any atom is -0.508 e. The van der Waals surface area contributed by atoms with Crippen LogP contribution in [0.2, 0.25) is 0 Å². The summed E-state index contributed by atoms with van der Waals surface area (Å²) in [5.74, 6) is 6.38. The Balaban J connectivity index is 0.000000305. The Morgan fingerprint density at radius 3 is 1.33 bits per heavy atom. The summed E-state index contributed by atoms with van der Waals surface area (Å²) >= 11 is 0. The zero-order valence-electron chi connectivity index (χ0n) is 45.1. The van der Waals surface area contributed by atoms with Crippen LogP contribution in [0.25, 0.3) is 0 Å². The van der Waals surface area contributed by atoms with Crippen LogP contribution in [0.1, 0.15) is 219 Å². The van der Waals surface area contributed by atoms with E-state index in [0.717, 1.165) is 56.5 Å². The van der Waals surface area contributed by atoms with Gasteiger partial charge >= 0.3 is 10.6 Å². The first-order valence-corrected chi connectivity index (χ1v) is 27.8. The van der Waals surface area contributed by atoms with Gasteiger partial charge in [-0.3, -0.25) is 4.79 Å². The lowest BCUT2D eigenvalue weighted by atomic mass is 9.70. The van der Waals surface area contributed by atoms with Crippen LogP contribution in [0.15, 0.2) is 85.6 Å². The summed E-state index contributed by atoms with van der Waals surface area (Å²) < 4.78 is 42.1. The highest BCUT2D eigenvalue weighted by atomic mass is 32.2. The molecule has 4 saturated carbocycles. The number of rotatable bonds is 16. The number of ketones is 1. The van der Waals surface area contributed by atoms with Gasteiger partial charge in [0.05, 0.1) is 19.5 Å². The van der Waals surface area contributed by atoms with Gasteiger partial charge in [-0.25, -0.2) is 0 Å². The summed E-state index contributed by atoms with van der Waals surface area (Å²) in [5, 5.41) is 18.0. The van der Waals surface area contributed by atoms with Crippen LogP contribution in [-0.2, 0) is 24.9 Å². The van der Waals surface area contributed by atoms with Gasteiger partial charge in [-0.15, -0.1) is 12.6 Å². The maximum absolute atomic E-state index is 11.6. The molecule has 2 bridgehead atoms. The number of aromatic hydroxyl groups is 2. The summed E-state index contributed by atoms with van der Waals surface area (Å²) in [6.45, 7) is 27.0. The lowest BCUT2D eigenvalue weighted by Crippen LogP contribution is -2.32. The maximum Gasteiger partial charge on any atom is 0.425 e. The van der Waals surface area contributed by atoms with Gasteiger partial charge in [-0.1, -0.05) is 169 Å². The van der Waals surface area contributed by atoms with Crippen LogP contribution >= 0.6 is 0 Å². The summed E-state index contributed by atoms with van der Waals surface area (Å²) in [4.78, 5) is 11.6. The number of benzene rings is 3. The number of phenolic OH excluding ortho intramolecular Hbond substituents is 2. The van der Waals surface area contributed by atoms with E-state index in [0.29, 0.717) is 41.0 Å². The highest BCUT2D eigenvalue weighted by molar-refractivity contribution is 7.59. The van der Waals surface area contributed by atoms with E-state index in [9.17, 15) is 4.79 Å². The summed E-state index contributed by atoms with van der Waals surface area (Å²) in [6, 6.07) is 23.3. The Bertz CT molecular complexity index is 1910. The van der Waals surface area contributed by atoms with Gasteiger partial charge in [0.1, 0.15) is 23.0 Å². The lowest BCUT2D eigenvalue weighted by Gasteiger charge is -2.32. The quantitative estimate of drug-likeness (QED) is 0.0816. The highest BCUT2D eigenvalue weighted by Crippen LogP contribution is 2.63. The average molecular weight is 991 g/mol. The molecule has 0 aromatic heterocycles. The molecule has 0 spiro atoms. The third kappa shape index (κ3) is 22.5. The third-order valence-electron chi connectivity index (χ3n) is 16.1. The van der Waals surface area contributed by atoms with Gasteiger partial charge in [0.15, 0.2) is 6.29 Å². The molecule has 0 saturated heterocycles. The van der Waals surface area contributed by atoms with Gasteiger partial charge in [-0.2, -0.15) is 0 Å². The fraction of sp³-hybridized carbons (Fsp3) is 0.650. The molecule has 0 radical (unpaired) electrons. The van der Waals surface area contributed by atoms with E-state index in [4.69, 9.17) is 37.1 Å². The molecule has 6 atom stereocenters. The van der Waals surface area contributed by atoms with E-state index in [1.165, 1.54) is 107 Å². The molecule has 4 aliphatic carbocycles. The molecular weight excluding hydrogens is 897 g/mol. The lowest BCUT2D eigenvalue weighted by molar-refractivity contribution is -0.128. The first kappa shape index (κ1) is 62.0. The molecule has 10 heteroatoms. The van der Waals surface area contributed by atoms with Crippen molar-refractivity contribution in [3.05, 3.63) is 102 Å². The van der Waals surface area contributed by atoms with Crippen molar-refractivity contribution in [2.75, 3.05) is 13.2 Å². The zero-order valence-corrected chi connectivity index (χ0v) is 45.9. The predicted octanol–water partition coefficient (Wildman–Crippen LogP) is 16.2. The van der Waals surface area contributed by atoms with Gasteiger partial charge < -0.3 is 24.4 Å². The van der Waals surface area contributed by atoms with Crippen molar-refractivity contribution in [1.29, 1.82) is 0 Å². The van der Waals surface area contributed by atoms with E-state index in [1.54, 1.807) is 30.5 Å². The number of Topliss-reactive ketones (excluding diaryl/α,β-unsaturated/α-hetero) is 1. The third-order valence-corrected chi connectivity index (χ3v) is 16.1. The molecule has 9 nitrogen and oxygen atoms in total. The molecular formula is C60H94O9S. The number of phenols is 2. The normalized spacial score (nSPS) is 20.8. The van der Waals surface area contributed by atoms with Crippen LogP contribution in [0.3, 0.4) is 0 Å². The van der Waals surface area contributed by atoms with Crippen molar-refractivity contribution in [2.24, 2.45) is 28.6 Å². The van der Waals surface area contributed by atoms with E-state index in [-0.39, 0.29) is 17.1 Å². The largest absolute Gasteiger partial charge is 0.508 e. The fourth-order valence-corrected chi connectivity index (χ4v) is 9.99. The number of carbonyl (C=O) groups is 1. The highest BCUT2D eigenvalue weighted by Gasteiger charge is 2.61. The van der Waals surface area contributed by atoms with Crippen LogP contribution in [0, 0.1) is 28.6 Å². The number of fused-ring (bicyclic) bond motifs is 2. The number of hydrogen-bond acceptors (Lipinski definition) is 9. The minimum atomic E-state index is -3.11. The molecule has 6 unspecified atom stereocenters. The van der Waals surface area contributed by atoms with Crippen molar-refractivity contribution < 1.29 is 41.8 Å². The summed E-state index contributed by atoms with van der Waals surface area (Å²) in [7, 11) is -3.11. The molecule has 4 fully saturated rings. The molecule has 4 aliphatic rings. The first-order chi connectivity index (χ1) is 33.3. The van der Waals surface area contributed by atoms with Gasteiger partial charge in [0.25, 0.3) is 0 Å². The topological polar surface area (TPSA) is 136 Å². The monoisotopic (exact) mass is 991 g/mol. The Kier molecular flexibility index (Phi) is 29.6. The molecule has 2 N–H and O–H groups in total. The SMILES string of the molecule is C=COCCC1CCCCC1.CC12CCC(CC1=O)C2(C)C.CCC(C)c1ccc(O)cc1.CCC(C)c1ccc(O)cc1.CCC(C)c1ccc(OC(C)OCCC2CCCCC2)cc1.O=S(=O)=O. The first-order valence-electron chi connectivity index (χ1n) is 26.8. The maximum atomic E-state index is 11.6. The van der Waals surface area contributed by atoms with E-state index in [1.807, 2.05) is 31.2 Å². The van der Waals surface area contributed by atoms with Crippen LogP contribution in [0.5, 0.6) is 17.2 Å². The molecule has 3 aromatic rings. The number of hydrogen-bond donors (Lipinski definition) is 2. The van der Waals surface area contributed by atoms with Crippen LogP contribution in [0.4, 0.5) is 0 Å². The second-order valence-electron chi connectivity index (χ2n) is 21.0. The van der Waals surface area contributed by atoms with Crippen molar-refractivity contribution in [3.8, 4) is 17.2 Å². The summed E-state index contributed by atoms with van der Waals surface area (Å²) in [5.41, 5.74) is 4.28. The predicted molar refractivity (Wildman–Crippen MR) is 287 cm³/mol. The minimum absolute atomic E-state index is 0.0255. The van der Waals surface area contributed by atoms with Crippen molar-refractivity contribution in [3.63, 3.8) is 0 Å². The number of ether oxygens (including phenoxy) is 3. The Morgan fingerprint density at radius 2 is 1.01 bits per heavy atom. The Morgan fingerprint density at radius 1 is 0.629 bits per heavy atom. The Labute approximate surface area is 426 Å². The van der Waals surface area contributed by atoms with E-state index < -0.39 is 10.6 Å². The molecule has 394 valence electrons. The molecule has 7 rings (SSSR count). The molecule has 70 heavy (non-hydrogen) atoms. The smallest absolute Gasteiger partial charge is 0.425 e. The second kappa shape index (κ2) is 33.5. The fourth-order valence-electron chi connectivity index (χ4n) is 9.99. The zero-order chi connectivity index (χ0) is 52.1. The Hall–Kier alpha value is -4.15. The molecule has 0 amide bonds. The van der Waals surface area contributed by atoms with Crippen LogP contribution < -0.4 is 4.74 Å². The summed E-state index contributed by atoms with van der Waals surface area (Å²) in [6.07, 6.45) is 24.6. The molecule has 0 heterocycles. The van der Waals surface area contributed by atoms with Crippen LogP contribution in [-0.4, -0.2) is 48.1 Å². The second-order valence-corrected chi connectivity index (χ2v) is 21.4. The average Bonchev–Trinajstić information content (AvgIpc) is 3.68. The number of carbonyl (C=O) groups excluding carboxylic acids is 1. The van der Waals surface area contributed by atoms with Gasteiger partial charge in [0, 0.05) is 11.8 Å². The van der Waals surface area contributed by atoms with Crippen molar-refractivity contribution in [2.45, 2.75) is 209 Å². The van der Waals surface area contributed by atoms with E-state index >= 15 is 0 Å². The standard InChI is InChI=1S/C20H32O2.C10H16O.2C10H14O.C10H18O.O3S/c1-4-16(2)19-10-12-20(13-11-19)22-17(3)21-15-14-18-8-6-5-7-9-18;1-9(2)7-4-5-10(9,3)8(11)6-7;2*1-3-8(2)9-4-6-10(11)7-5-9;1-2-11-9-8-10-6-4-3-5-7-10;1-4(2)3/h10-13,16-18H,4-9,14-15H2,1-3H3;7H,4-6H2,1-3H3;2*4-8,11H,3H2,1-2H3;2,10H,1,3-9H2;. The van der Waals surface area contributed by atoms with E-state index in [2.05, 4.69) is 93.2 Å². The molecule has 3 aromatic carbocycles. The van der Waals surface area contributed by atoms with Gasteiger partial charge in [-0.05, 0) is 146 Å². The van der Waals surface area contributed by atoms with Crippen molar-refractivity contribution in [1.82, 2.24) is 0 Å². The molecule has 0 aliphatic heterocycles.